The van der Waals surface area contributed by atoms with Crippen molar-refractivity contribution >= 4 is 23.0 Å². The van der Waals surface area contributed by atoms with Gasteiger partial charge in [-0.1, -0.05) is 17.3 Å². The minimum absolute atomic E-state index is 0.0398. The summed E-state index contributed by atoms with van der Waals surface area (Å²) < 4.78 is 19.4. The van der Waals surface area contributed by atoms with Crippen molar-refractivity contribution in [1.82, 2.24) is 29.9 Å². The van der Waals surface area contributed by atoms with Gasteiger partial charge in [0.1, 0.15) is 11.6 Å². The van der Waals surface area contributed by atoms with E-state index >= 15 is 0 Å². The summed E-state index contributed by atoms with van der Waals surface area (Å²) in [5, 5.41) is 8.02. The zero-order valence-corrected chi connectivity index (χ0v) is 19.5. The molecule has 0 saturated carbocycles. The van der Waals surface area contributed by atoms with Crippen LogP contribution in [0.25, 0.3) is 11.2 Å². The van der Waals surface area contributed by atoms with E-state index in [9.17, 15) is 18.8 Å². The number of H-pyrrole nitrogens is 1. The van der Waals surface area contributed by atoms with Crippen LogP contribution in [0.1, 0.15) is 50.9 Å². The van der Waals surface area contributed by atoms with Gasteiger partial charge >= 0.3 is 5.97 Å². The molecule has 1 saturated heterocycles. The number of halogens is 1. The number of hydrogen-bond donors (Lipinski definition) is 1. The molecule has 4 aromatic rings. The van der Waals surface area contributed by atoms with Gasteiger partial charge in [-0.15, -0.1) is 5.10 Å². The van der Waals surface area contributed by atoms with Crippen molar-refractivity contribution in [3.05, 3.63) is 87.2 Å². The molecule has 0 bridgehead atoms. The molecular weight excluding hydrogens is 467 g/mol. The number of rotatable bonds is 5. The Morgan fingerprint density at radius 2 is 1.72 bits per heavy atom. The molecule has 10 nitrogen and oxygen atoms in total. The van der Waals surface area contributed by atoms with Gasteiger partial charge in [0.25, 0.3) is 11.5 Å². The van der Waals surface area contributed by atoms with E-state index in [4.69, 9.17) is 0 Å². The van der Waals surface area contributed by atoms with Gasteiger partial charge in [-0.25, -0.2) is 18.9 Å². The van der Waals surface area contributed by atoms with Crippen LogP contribution in [-0.2, 0) is 11.3 Å². The van der Waals surface area contributed by atoms with Crippen LogP contribution in [0, 0.1) is 5.82 Å². The number of ether oxygens (including phenoxy) is 1. The SMILES string of the molecule is COC(=O)c1ccc(C(=O)N2CCC(c3nc4c(nnn4Cc4ccc(F)cc4)c(=O)[nH]3)CC2)cc1. The molecule has 1 aliphatic rings. The Kier molecular flexibility index (Phi) is 6.28. The van der Waals surface area contributed by atoms with Crippen LogP contribution in [-0.4, -0.2) is 61.9 Å². The normalized spacial score (nSPS) is 14.2. The van der Waals surface area contributed by atoms with Crippen LogP contribution in [0.2, 0.25) is 0 Å². The number of carbonyl (C=O) groups is 2. The predicted octanol–water partition coefficient (Wildman–Crippen LogP) is 2.51. The Bertz CT molecular complexity index is 1470. The topological polar surface area (TPSA) is 123 Å². The molecule has 0 unspecified atom stereocenters. The lowest BCUT2D eigenvalue weighted by molar-refractivity contribution is 0.0599. The quantitative estimate of drug-likeness (QED) is 0.427. The van der Waals surface area contributed by atoms with Gasteiger partial charge in [0.05, 0.1) is 19.2 Å². The van der Waals surface area contributed by atoms with Crippen molar-refractivity contribution < 1.29 is 18.7 Å². The number of benzene rings is 2. The number of hydrogen-bond acceptors (Lipinski definition) is 7. The fourth-order valence-corrected chi connectivity index (χ4v) is 4.35. The fraction of sp³-hybridized carbons (Fsp3) is 0.280. The third-order valence-corrected chi connectivity index (χ3v) is 6.36. The maximum Gasteiger partial charge on any atom is 0.337 e. The summed E-state index contributed by atoms with van der Waals surface area (Å²) in [5.74, 6) is -0.417. The van der Waals surface area contributed by atoms with Gasteiger partial charge in [0, 0.05) is 24.6 Å². The molecule has 3 heterocycles. The first-order valence-electron chi connectivity index (χ1n) is 11.5. The Balaban J connectivity index is 1.29. The highest BCUT2D eigenvalue weighted by molar-refractivity contribution is 5.96. The number of nitrogens with zero attached hydrogens (tertiary/aromatic N) is 5. The number of amides is 1. The zero-order valence-electron chi connectivity index (χ0n) is 19.5. The number of likely N-dealkylation sites (tertiary alicyclic amines) is 1. The zero-order chi connectivity index (χ0) is 25.2. The monoisotopic (exact) mass is 490 g/mol. The van der Waals surface area contributed by atoms with Crippen molar-refractivity contribution in [3.63, 3.8) is 0 Å². The van der Waals surface area contributed by atoms with Gasteiger partial charge < -0.3 is 14.6 Å². The van der Waals surface area contributed by atoms with Gasteiger partial charge in [0.2, 0.25) is 0 Å². The molecule has 2 aromatic heterocycles. The molecule has 2 aromatic carbocycles. The summed E-state index contributed by atoms with van der Waals surface area (Å²) in [4.78, 5) is 46.4. The second kappa shape index (κ2) is 9.68. The number of methoxy groups -OCH3 is 1. The first-order valence-corrected chi connectivity index (χ1v) is 11.5. The largest absolute Gasteiger partial charge is 0.465 e. The van der Waals surface area contributed by atoms with E-state index in [0.29, 0.717) is 55.1 Å². The number of nitrogens with one attached hydrogen (secondary N) is 1. The minimum atomic E-state index is -0.456. The third-order valence-electron chi connectivity index (χ3n) is 6.36. The van der Waals surface area contributed by atoms with Crippen LogP contribution < -0.4 is 5.56 Å². The minimum Gasteiger partial charge on any atom is -0.465 e. The molecule has 0 atom stereocenters. The predicted molar refractivity (Wildman–Crippen MR) is 127 cm³/mol. The lowest BCUT2D eigenvalue weighted by Gasteiger charge is -2.31. The molecule has 5 rings (SSSR count). The summed E-state index contributed by atoms with van der Waals surface area (Å²) >= 11 is 0. The molecule has 1 amide bonds. The van der Waals surface area contributed by atoms with E-state index in [1.807, 2.05) is 0 Å². The second-order valence-corrected chi connectivity index (χ2v) is 8.63. The van der Waals surface area contributed by atoms with Crippen LogP contribution in [0.3, 0.4) is 0 Å². The molecular formula is C25H23FN6O4. The Morgan fingerprint density at radius 1 is 1.06 bits per heavy atom. The van der Waals surface area contributed by atoms with Crippen LogP contribution in [0.15, 0.2) is 53.3 Å². The molecule has 1 aliphatic heterocycles. The molecule has 1 fully saturated rings. The Morgan fingerprint density at radius 3 is 2.39 bits per heavy atom. The standard InChI is InChI=1S/C25H23FN6O4/c1-36-25(35)18-6-4-17(5-7-18)24(34)31-12-10-16(11-13-31)21-27-22-20(23(33)28-21)29-30-32(22)14-15-2-8-19(26)9-3-15/h2-9,16H,10-14H2,1H3,(H,27,28,33). The second-order valence-electron chi connectivity index (χ2n) is 8.63. The van der Waals surface area contributed by atoms with Gasteiger partial charge in [-0.3, -0.25) is 9.59 Å². The summed E-state index contributed by atoms with van der Waals surface area (Å²) in [6, 6.07) is 12.4. The van der Waals surface area contributed by atoms with Gasteiger partial charge in [-0.05, 0) is 54.8 Å². The fourth-order valence-electron chi connectivity index (χ4n) is 4.35. The van der Waals surface area contributed by atoms with Crippen LogP contribution in [0.4, 0.5) is 4.39 Å². The third kappa shape index (κ3) is 4.59. The first kappa shape index (κ1) is 23.3. The Hall–Kier alpha value is -4.41. The number of piperidine rings is 1. The molecule has 1 N–H and O–H groups in total. The number of fused-ring (bicyclic) bond motifs is 1. The molecule has 0 radical (unpaired) electrons. The molecule has 184 valence electrons. The van der Waals surface area contributed by atoms with Crippen molar-refractivity contribution in [3.8, 4) is 0 Å². The molecule has 11 heteroatoms. The Labute approximate surface area is 204 Å². The number of carbonyl (C=O) groups excluding carboxylic acids is 2. The smallest absolute Gasteiger partial charge is 0.337 e. The first-order chi connectivity index (χ1) is 17.4. The summed E-state index contributed by atoms with van der Waals surface area (Å²) in [6.45, 7) is 1.29. The van der Waals surface area contributed by atoms with E-state index < -0.39 is 5.97 Å². The maximum absolute atomic E-state index is 13.2. The van der Waals surface area contributed by atoms with Crippen molar-refractivity contribution in [2.24, 2.45) is 0 Å². The molecule has 0 aliphatic carbocycles. The molecule has 0 spiro atoms. The van der Waals surface area contributed by atoms with E-state index in [1.165, 1.54) is 23.9 Å². The number of aromatic amines is 1. The lowest BCUT2D eigenvalue weighted by atomic mass is 9.95. The van der Waals surface area contributed by atoms with Crippen LogP contribution in [0.5, 0.6) is 0 Å². The van der Waals surface area contributed by atoms with Gasteiger partial charge in [0.15, 0.2) is 11.2 Å². The molecule has 36 heavy (non-hydrogen) atoms. The number of esters is 1. The van der Waals surface area contributed by atoms with E-state index in [-0.39, 0.29) is 28.7 Å². The van der Waals surface area contributed by atoms with Crippen molar-refractivity contribution in [2.75, 3.05) is 20.2 Å². The lowest BCUT2D eigenvalue weighted by Crippen LogP contribution is -2.38. The van der Waals surface area contributed by atoms with Crippen LogP contribution >= 0.6 is 0 Å². The van der Waals surface area contributed by atoms with Crippen molar-refractivity contribution in [2.45, 2.75) is 25.3 Å². The maximum atomic E-state index is 13.2. The summed E-state index contributed by atoms with van der Waals surface area (Å²) in [6.07, 6.45) is 1.25. The van der Waals surface area contributed by atoms with E-state index in [2.05, 4.69) is 25.0 Å². The number of aromatic nitrogens is 5. The highest BCUT2D eigenvalue weighted by Gasteiger charge is 2.27. The average molecular weight is 490 g/mol. The van der Waals surface area contributed by atoms with E-state index in [0.717, 1.165) is 5.56 Å². The van der Waals surface area contributed by atoms with Crippen molar-refractivity contribution in [1.29, 1.82) is 0 Å². The van der Waals surface area contributed by atoms with E-state index in [1.54, 1.807) is 41.3 Å². The summed E-state index contributed by atoms with van der Waals surface area (Å²) in [7, 11) is 1.31. The average Bonchev–Trinajstić information content (AvgIpc) is 3.32. The van der Waals surface area contributed by atoms with Gasteiger partial charge in [-0.2, -0.15) is 0 Å². The highest BCUT2D eigenvalue weighted by atomic mass is 19.1. The summed E-state index contributed by atoms with van der Waals surface area (Å²) in [5.41, 5.74) is 1.81. The highest BCUT2D eigenvalue weighted by Crippen LogP contribution is 2.26.